The number of para-hydroxylation sites is 2. The summed E-state index contributed by atoms with van der Waals surface area (Å²) in [7, 11) is 0. The van der Waals surface area contributed by atoms with E-state index in [2.05, 4.69) is 46.7 Å². The normalized spacial score (nSPS) is 12.3. The van der Waals surface area contributed by atoms with Crippen LogP contribution in [0.25, 0.3) is 11.1 Å². The number of amides is 1. The van der Waals surface area contributed by atoms with E-state index in [1.54, 1.807) is 11.3 Å². The van der Waals surface area contributed by atoms with Crippen LogP contribution in [0, 0.1) is 0 Å². The fraction of sp³-hybridized carbons (Fsp3) is 0.0800. The third kappa shape index (κ3) is 4.17. The summed E-state index contributed by atoms with van der Waals surface area (Å²) in [6.45, 7) is 0.754. The highest BCUT2D eigenvalue weighted by atomic mass is 32.1. The molecule has 6 heteroatoms. The van der Waals surface area contributed by atoms with Crippen molar-refractivity contribution in [1.82, 2.24) is 5.53 Å². The molecule has 0 radical (unpaired) electrons. The van der Waals surface area contributed by atoms with Crippen molar-refractivity contribution in [1.29, 1.82) is 0 Å². The summed E-state index contributed by atoms with van der Waals surface area (Å²) in [5, 5.41) is 5.97. The number of nitrogens with one attached hydrogen (secondary N) is 2. The SMILES string of the molecule is O=C(CN1NNc2ccccc21)N(Cc1ccsc1)c1ccc(-c2ccccc2)cc1. The van der Waals surface area contributed by atoms with Gasteiger partial charge in [-0.2, -0.15) is 11.3 Å². The Labute approximate surface area is 185 Å². The van der Waals surface area contributed by atoms with Crippen molar-refractivity contribution in [3.63, 3.8) is 0 Å². The van der Waals surface area contributed by atoms with Crippen molar-refractivity contribution >= 4 is 34.3 Å². The molecule has 154 valence electrons. The molecule has 3 aromatic carbocycles. The highest BCUT2D eigenvalue weighted by Crippen LogP contribution is 2.29. The third-order valence-electron chi connectivity index (χ3n) is 5.32. The largest absolute Gasteiger partial charge is 0.306 e. The number of fused-ring (bicyclic) bond motifs is 1. The summed E-state index contributed by atoms with van der Waals surface area (Å²) in [4.78, 5) is 15.3. The lowest BCUT2D eigenvalue weighted by Gasteiger charge is -2.26. The van der Waals surface area contributed by atoms with E-state index in [9.17, 15) is 4.79 Å². The maximum Gasteiger partial charge on any atom is 0.248 e. The van der Waals surface area contributed by atoms with Gasteiger partial charge in [0.2, 0.25) is 5.91 Å². The smallest absolute Gasteiger partial charge is 0.248 e. The molecule has 4 aromatic rings. The van der Waals surface area contributed by atoms with E-state index in [0.717, 1.165) is 33.8 Å². The highest BCUT2D eigenvalue weighted by molar-refractivity contribution is 7.07. The van der Waals surface area contributed by atoms with Crippen molar-refractivity contribution in [2.45, 2.75) is 6.54 Å². The summed E-state index contributed by atoms with van der Waals surface area (Å²) in [6, 6.07) is 28.4. The second-order valence-electron chi connectivity index (χ2n) is 7.36. The molecule has 0 fully saturated rings. The first-order valence-electron chi connectivity index (χ1n) is 10.1. The molecule has 0 atom stereocenters. The Morgan fingerprint density at radius 1 is 0.871 bits per heavy atom. The predicted octanol–water partition coefficient (Wildman–Crippen LogP) is 5.30. The van der Waals surface area contributed by atoms with E-state index in [4.69, 9.17) is 0 Å². The molecule has 0 bridgehead atoms. The van der Waals surface area contributed by atoms with Gasteiger partial charge in [0.1, 0.15) is 6.54 Å². The van der Waals surface area contributed by atoms with Crippen LogP contribution in [-0.4, -0.2) is 12.5 Å². The average molecular weight is 427 g/mol. The zero-order chi connectivity index (χ0) is 21.0. The maximum atomic E-state index is 13.4. The van der Waals surface area contributed by atoms with Gasteiger partial charge in [-0.25, -0.2) is 0 Å². The molecule has 0 saturated heterocycles. The molecule has 0 unspecified atom stereocenters. The number of benzene rings is 3. The molecule has 5 nitrogen and oxygen atoms in total. The first kappa shape index (κ1) is 19.4. The van der Waals surface area contributed by atoms with Gasteiger partial charge in [-0.1, -0.05) is 54.6 Å². The fourth-order valence-electron chi connectivity index (χ4n) is 3.70. The van der Waals surface area contributed by atoms with Crippen LogP contribution in [0.4, 0.5) is 17.1 Å². The molecule has 0 spiro atoms. The number of hydrazine groups is 2. The Bertz CT molecular complexity index is 1160. The van der Waals surface area contributed by atoms with Gasteiger partial charge in [0.05, 0.1) is 17.9 Å². The van der Waals surface area contributed by atoms with E-state index >= 15 is 0 Å². The van der Waals surface area contributed by atoms with Gasteiger partial charge in [0.15, 0.2) is 0 Å². The van der Waals surface area contributed by atoms with E-state index in [1.165, 1.54) is 0 Å². The molecule has 0 saturated carbocycles. The summed E-state index contributed by atoms with van der Waals surface area (Å²) in [5.41, 5.74) is 12.4. The predicted molar refractivity (Wildman–Crippen MR) is 128 cm³/mol. The Morgan fingerprint density at radius 3 is 2.39 bits per heavy atom. The number of hydrogen-bond donors (Lipinski definition) is 2. The topological polar surface area (TPSA) is 47.6 Å². The van der Waals surface area contributed by atoms with Crippen LogP contribution in [0.3, 0.4) is 0 Å². The molecule has 2 heterocycles. The van der Waals surface area contributed by atoms with E-state index < -0.39 is 0 Å². The lowest BCUT2D eigenvalue weighted by molar-refractivity contribution is -0.117. The quantitative estimate of drug-likeness (QED) is 0.439. The van der Waals surface area contributed by atoms with Crippen LogP contribution in [0.2, 0.25) is 0 Å². The van der Waals surface area contributed by atoms with Gasteiger partial charge in [-0.3, -0.25) is 9.80 Å². The van der Waals surface area contributed by atoms with Crippen LogP contribution in [0.1, 0.15) is 5.56 Å². The molecule has 1 amide bonds. The minimum atomic E-state index is 0.0182. The average Bonchev–Trinajstić information content (AvgIpc) is 3.48. The molecule has 1 aliphatic rings. The number of thiophene rings is 1. The molecular formula is C25H22N4OS. The van der Waals surface area contributed by atoms with Crippen LogP contribution in [0.15, 0.2) is 95.7 Å². The third-order valence-corrected chi connectivity index (χ3v) is 6.05. The van der Waals surface area contributed by atoms with Crippen molar-refractivity contribution in [2.75, 3.05) is 21.9 Å². The molecular weight excluding hydrogens is 404 g/mol. The van der Waals surface area contributed by atoms with E-state index in [1.807, 2.05) is 69.9 Å². The Hall–Kier alpha value is -3.61. The summed E-state index contributed by atoms with van der Waals surface area (Å²) in [6.07, 6.45) is 0. The van der Waals surface area contributed by atoms with Crippen molar-refractivity contribution in [3.8, 4) is 11.1 Å². The molecule has 31 heavy (non-hydrogen) atoms. The molecule has 1 aliphatic heterocycles. The van der Waals surface area contributed by atoms with Crippen molar-refractivity contribution in [3.05, 3.63) is 101 Å². The Balaban J connectivity index is 1.40. The number of carbonyl (C=O) groups is 1. The van der Waals surface area contributed by atoms with Gasteiger partial charge in [-0.05, 0) is 57.8 Å². The van der Waals surface area contributed by atoms with Crippen LogP contribution < -0.4 is 20.9 Å². The van der Waals surface area contributed by atoms with Crippen molar-refractivity contribution in [2.24, 2.45) is 0 Å². The van der Waals surface area contributed by atoms with Gasteiger partial charge in [0, 0.05) is 5.69 Å². The minimum Gasteiger partial charge on any atom is -0.306 e. The molecule has 2 N–H and O–H groups in total. The zero-order valence-electron chi connectivity index (χ0n) is 16.9. The number of nitrogens with zero attached hydrogens (tertiary/aromatic N) is 2. The lowest BCUT2D eigenvalue weighted by Crippen LogP contribution is -2.45. The van der Waals surface area contributed by atoms with Crippen LogP contribution >= 0.6 is 11.3 Å². The molecule has 1 aromatic heterocycles. The highest BCUT2D eigenvalue weighted by Gasteiger charge is 2.24. The van der Waals surface area contributed by atoms with E-state index in [-0.39, 0.29) is 12.5 Å². The summed E-state index contributed by atoms with van der Waals surface area (Å²) >= 11 is 1.64. The molecule has 5 rings (SSSR count). The number of hydrogen-bond acceptors (Lipinski definition) is 5. The summed E-state index contributed by atoms with van der Waals surface area (Å²) < 4.78 is 0. The monoisotopic (exact) mass is 426 g/mol. The zero-order valence-corrected chi connectivity index (χ0v) is 17.7. The number of carbonyl (C=O) groups excluding carboxylic acids is 1. The second kappa shape index (κ2) is 8.63. The lowest BCUT2D eigenvalue weighted by atomic mass is 10.1. The summed E-state index contributed by atoms with van der Waals surface area (Å²) in [5.74, 6) is 0.0182. The number of rotatable bonds is 6. The Kier molecular flexibility index (Phi) is 5.39. The maximum absolute atomic E-state index is 13.4. The van der Waals surface area contributed by atoms with Gasteiger partial charge in [0.25, 0.3) is 0 Å². The second-order valence-corrected chi connectivity index (χ2v) is 8.14. The van der Waals surface area contributed by atoms with Crippen LogP contribution in [0.5, 0.6) is 0 Å². The molecule has 0 aliphatic carbocycles. The number of anilines is 3. The minimum absolute atomic E-state index is 0.0182. The van der Waals surface area contributed by atoms with Crippen LogP contribution in [-0.2, 0) is 11.3 Å². The first-order valence-corrected chi connectivity index (χ1v) is 11.1. The van der Waals surface area contributed by atoms with Gasteiger partial charge >= 0.3 is 0 Å². The standard InChI is InChI=1S/C25H22N4OS/c30-25(17-29-24-9-5-4-8-23(24)26-27-29)28(16-19-14-15-31-18-19)22-12-10-21(11-13-22)20-6-2-1-3-7-20/h1-15,18,26-27H,16-17H2. The van der Waals surface area contributed by atoms with E-state index in [0.29, 0.717) is 6.54 Å². The van der Waals surface area contributed by atoms with Gasteiger partial charge < -0.3 is 10.3 Å². The van der Waals surface area contributed by atoms with Gasteiger partial charge in [-0.15, -0.1) is 5.53 Å². The fourth-order valence-corrected chi connectivity index (χ4v) is 4.36. The first-order chi connectivity index (χ1) is 15.3. The van der Waals surface area contributed by atoms with Crippen molar-refractivity contribution < 1.29 is 4.79 Å². The Morgan fingerprint density at radius 2 is 1.61 bits per heavy atom.